The van der Waals surface area contributed by atoms with E-state index in [9.17, 15) is 4.39 Å². The number of aryl methyl sites for hydroxylation is 1. The van der Waals surface area contributed by atoms with Gasteiger partial charge >= 0.3 is 0 Å². The van der Waals surface area contributed by atoms with Crippen molar-refractivity contribution in [2.75, 3.05) is 10.6 Å². The number of benzene rings is 2. The van der Waals surface area contributed by atoms with Crippen molar-refractivity contribution in [1.82, 2.24) is 9.97 Å². The van der Waals surface area contributed by atoms with Crippen LogP contribution in [-0.4, -0.2) is 9.97 Å². The lowest BCUT2D eigenvalue weighted by Gasteiger charge is -2.10. The molecule has 2 aromatic carbocycles. The standard InChI is InChI=1S/C18H17FN4/c1-13-11-17(22-16-9-7-15(19)8-10-16)23-18(21-13)20-12-14-5-3-2-4-6-14/h2-11H,12H2,1H3,(H2,20,21,22,23). The maximum Gasteiger partial charge on any atom is 0.225 e. The first kappa shape index (κ1) is 15.0. The summed E-state index contributed by atoms with van der Waals surface area (Å²) >= 11 is 0. The van der Waals surface area contributed by atoms with Gasteiger partial charge < -0.3 is 10.6 Å². The highest BCUT2D eigenvalue weighted by molar-refractivity contribution is 5.57. The Morgan fingerprint density at radius 3 is 2.43 bits per heavy atom. The minimum absolute atomic E-state index is 0.264. The molecular formula is C18H17FN4. The topological polar surface area (TPSA) is 49.8 Å². The van der Waals surface area contributed by atoms with Gasteiger partial charge in [0.25, 0.3) is 0 Å². The molecule has 23 heavy (non-hydrogen) atoms. The Hall–Kier alpha value is -2.95. The van der Waals surface area contributed by atoms with Crippen LogP contribution in [0.25, 0.3) is 0 Å². The summed E-state index contributed by atoms with van der Waals surface area (Å²) in [5, 5.41) is 6.37. The molecule has 0 saturated heterocycles. The molecule has 0 spiro atoms. The van der Waals surface area contributed by atoms with Crippen LogP contribution in [0.1, 0.15) is 11.3 Å². The van der Waals surface area contributed by atoms with Crippen LogP contribution >= 0.6 is 0 Å². The number of hydrogen-bond donors (Lipinski definition) is 2. The molecule has 5 heteroatoms. The van der Waals surface area contributed by atoms with E-state index < -0.39 is 0 Å². The molecule has 0 fully saturated rings. The van der Waals surface area contributed by atoms with Gasteiger partial charge in [0.2, 0.25) is 5.95 Å². The molecule has 0 amide bonds. The van der Waals surface area contributed by atoms with Gasteiger partial charge in [0.15, 0.2) is 0 Å². The van der Waals surface area contributed by atoms with Crippen molar-refractivity contribution < 1.29 is 4.39 Å². The van der Waals surface area contributed by atoms with E-state index in [4.69, 9.17) is 0 Å². The molecule has 3 rings (SSSR count). The Morgan fingerprint density at radius 2 is 1.70 bits per heavy atom. The van der Waals surface area contributed by atoms with Gasteiger partial charge in [-0.15, -0.1) is 0 Å². The summed E-state index contributed by atoms with van der Waals surface area (Å²) in [7, 11) is 0. The van der Waals surface area contributed by atoms with Crippen molar-refractivity contribution >= 4 is 17.5 Å². The van der Waals surface area contributed by atoms with Gasteiger partial charge in [0.1, 0.15) is 11.6 Å². The van der Waals surface area contributed by atoms with Crippen molar-refractivity contribution in [2.45, 2.75) is 13.5 Å². The molecule has 0 atom stereocenters. The van der Waals surface area contributed by atoms with E-state index in [0.29, 0.717) is 18.3 Å². The highest BCUT2D eigenvalue weighted by atomic mass is 19.1. The molecule has 0 aliphatic rings. The van der Waals surface area contributed by atoms with Gasteiger partial charge in [0.05, 0.1) is 0 Å². The summed E-state index contributed by atoms with van der Waals surface area (Å²) in [6, 6.07) is 18.1. The molecule has 1 aromatic heterocycles. The van der Waals surface area contributed by atoms with Crippen LogP contribution < -0.4 is 10.6 Å². The van der Waals surface area contributed by atoms with Gasteiger partial charge in [-0.3, -0.25) is 0 Å². The fraction of sp³-hybridized carbons (Fsp3) is 0.111. The molecule has 0 aliphatic heterocycles. The fourth-order valence-electron chi connectivity index (χ4n) is 2.17. The van der Waals surface area contributed by atoms with Crippen LogP contribution in [0.2, 0.25) is 0 Å². The third kappa shape index (κ3) is 4.26. The Kier molecular flexibility index (Phi) is 4.47. The van der Waals surface area contributed by atoms with Crippen molar-refractivity contribution in [3.8, 4) is 0 Å². The molecule has 116 valence electrons. The number of halogens is 1. The lowest BCUT2D eigenvalue weighted by molar-refractivity contribution is 0.628. The lowest BCUT2D eigenvalue weighted by Crippen LogP contribution is -2.06. The van der Waals surface area contributed by atoms with Gasteiger partial charge in [-0.2, -0.15) is 4.98 Å². The minimum atomic E-state index is -0.264. The van der Waals surface area contributed by atoms with E-state index in [1.165, 1.54) is 12.1 Å². The summed E-state index contributed by atoms with van der Waals surface area (Å²) in [5.41, 5.74) is 2.78. The highest BCUT2D eigenvalue weighted by Crippen LogP contribution is 2.17. The first-order valence-corrected chi connectivity index (χ1v) is 7.35. The van der Waals surface area contributed by atoms with Gasteiger partial charge in [0, 0.05) is 24.0 Å². The molecule has 3 aromatic rings. The molecule has 0 unspecified atom stereocenters. The second-order valence-electron chi connectivity index (χ2n) is 5.19. The van der Waals surface area contributed by atoms with Gasteiger partial charge in [-0.25, -0.2) is 9.37 Å². The molecule has 2 N–H and O–H groups in total. The first-order chi connectivity index (χ1) is 11.2. The molecular weight excluding hydrogens is 291 g/mol. The maximum atomic E-state index is 13.0. The molecule has 0 radical (unpaired) electrons. The van der Waals surface area contributed by atoms with Crippen LogP contribution in [0.4, 0.5) is 21.8 Å². The molecule has 0 aliphatic carbocycles. The van der Waals surface area contributed by atoms with E-state index in [1.807, 2.05) is 43.3 Å². The number of aromatic nitrogens is 2. The normalized spacial score (nSPS) is 10.3. The van der Waals surface area contributed by atoms with E-state index in [0.717, 1.165) is 16.9 Å². The van der Waals surface area contributed by atoms with Crippen LogP contribution in [0.3, 0.4) is 0 Å². The lowest BCUT2D eigenvalue weighted by atomic mass is 10.2. The van der Waals surface area contributed by atoms with E-state index in [1.54, 1.807) is 12.1 Å². The quantitative estimate of drug-likeness (QED) is 0.738. The molecule has 0 saturated carbocycles. The monoisotopic (exact) mass is 308 g/mol. The Balaban J connectivity index is 1.72. The highest BCUT2D eigenvalue weighted by Gasteiger charge is 2.03. The Morgan fingerprint density at radius 1 is 0.957 bits per heavy atom. The average molecular weight is 308 g/mol. The van der Waals surface area contributed by atoms with Gasteiger partial charge in [-0.05, 0) is 36.8 Å². The SMILES string of the molecule is Cc1cc(Nc2ccc(F)cc2)nc(NCc2ccccc2)n1. The fourth-order valence-corrected chi connectivity index (χ4v) is 2.17. The van der Waals surface area contributed by atoms with Gasteiger partial charge in [-0.1, -0.05) is 30.3 Å². The second-order valence-corrected chi connectivity index (χ2v) is 5.19. The zero-order chi connectivity index (χ0) is 16.1. The number of hydrogen-bond acceptors (Lipinski definition) is 4. The first-order valence-electron chi connectivity index (χ1n) is 7.35. The maximum absolute atomic E-state index is 13.0. The Bertz CT molecular complexity index is 773. The van der Waals surface area contributed by atoms with E-state index in [-0.39, 0.29) is 5.82 Å². The zero-order valence-electron chi connectivity index (χ0n) is 12.8. The summed E-state index contributed by atoms with van der Waals surface area (Å²) in [5.74, 6) is 0.956. The van der Waals surface area contributed by atoms with Crippen LogP contribution in [0.5, 0.6) is 0 Å². The van der Waals surface area contributed by atoms with E-state index >= 15 is 0 Å². The number of nitrogens with zero attached hydrogens (tertiary/aromatic N) is 2. The molecule has 1 heterocycles. The smallest absolute Gasteiger partial charge is 0.225 e. The minimum Gasteiger partial charge on any atom is -0.350 e. The summed E-state index contributed by atoms with van der Waals surface area (Å²) < 4.78 is 13.0. The number of anilines is 3. The molecule has 0 bridgehead atoms. The Labute approximate surface area is 134 Å². The van der Waals surface area contributed by atoms with Crippen molar-refractivity contribution in [1.29, 1.82) is 0 Å². The largest absolute Gasteiger partial charge is 0.350 e. The third-order valence-corrected chi connectivity index (χ3v) is 3.26. The summed E-state index contributed by atoms with van der Waals surface area (Å²) in [6.45, 7) is 2.56. The molecule has 4 nitrogen and oxygen atoms in total. The van der Waals surface area contributed by atoms with Crippen LogP contribution in [-0.2, 0) is 6.54 Å². The predicted molar refractivity (Wildman–Crippen MR) is 90.2 cm³/mol. The van der Waals surface area contributed by atoms with Crippen LogP contribution in [0, 0.1) is 12.7 Å². The zero-order valence-corrected chi connectivity index (χ0v) is 12.8. The van der Waals surface area contributed by atoms with Crippen molar-refractivity contribution in [3.05, 3.63) is 77.7 Å². The second kappa shape index (κ2) is 6.87. The van der Waals surface area contributed by atoms with E-state index in [2.05, 4.69) is 20.6 Å². The summed E-state index contributed by atoms with van der Waals surface area (Å²) in [4.78, 5) is 8.82. The van der Waals surface area contributed by atoms with Crippen LogP contribution in [0.15, 0.2) is 60.7 Å². The third-order valence-electron chi connectivity index (χ3n) is 3.26. The number of nitrogens with one attached hydrogen (secondary N) is 2. The number of rotatable bonds is 5. The van der Waals surface area contributed by atoms with Crippen molar-refractivity contribution in [2.24, 2.45) is 0 Å². The summed E-state index contributed by atoms with van der Waals surface area (Å²) in [6.07, 6.45) is 0. The average Bonchev–Trinajstić information content (AvgIpc) is 2.56. The van der Waals surface area contributed by atoms with Crippen molar-refractivity contribution in [3.63, 3.8) is 0 Å². The predicted octanol–water partition coefficient (Wildman–Crippen LogP) is 4.28.